The Labute approximate surface area is 101 Å². The highest BCUT2D eigenvalue weighted by atomic mass is 32.2. The molecule has 1 saturated heterocycles. The second-order valence-electron chi connectivity index (χ2n) is 4.09. The van der Waals surface area contributed by atoms with Gasteiger partial charge in [0.2, 0.25) is 0 Å². The smallest absolute Gasteiger partial charge is 0.180 e. The van der Waals surface area contributed by atoms with Crippen molar-refractivity contribution in [1.82, 2.24) is 0 Å². The summed E-state index contributed by atoms with van der Waals surface area (Å²) >= 11 is 0. The van der Waals surface area contributed by atoms with Crippen molar-refractivity contribution in [2.24, 2.45) is 0 Å². The molecule has 1 heterocycles. The fraction of sp³-hybridized carbons (Fsp3) is 0.500. The highest BCUT2D eigenvalue weighted by Gasteiger charge is 2.24. The lowest BCUT2D eigenvalue weighted by Crippen LogP contribution is -2.20. The van der Waals surface area contributed by atoms with Gasteiger partial charge in [-0.3, -0.25) is 0 Å². The monoisotopic (exact) mass is 256 g/mol. The lowest BCUT2D eigenvalue weighted by atomic mass is 10.3. The van der Waals surface area contributed by atoms with Crippen LogP contribution >= 0.6 is 0 Å². The molecule has 0 saturated carbocycles. The molecule has 0 spiro atoms. The fourth-order valence-corrected chi connectivity index (χ4v) is 3.40. The van der Waals surface area contributed by atoms with E-state index < -0.39 is 9.84 Å². The zero-order valence-corrected chi connectivity index (χ0v) is 10.6. The quantitative estimate of drug-likeness (QED) is 0.822. The van der Waals surface area contributed by atoms with Crippen molar-refractivity contribution in [2.75, 3.05) is 19.5 Å². The van der Waals surface area contributed by atoms with Gasteiger partial charge < -0.3 is 9.47 Å². The third-order valence-electron chi connectivity index (χ3n) is 2.85. The summed E-state index contributed by atoms with van der Waals surface area (Å²) in [5.41, 5.74) is 0. The van der Waals surface area contributed by atoms with E-state index in [0.29, 0.717) is 17.3 Å². The number of methoxy groups -OCH3 is 1. The summed E-state index contributed by atoms with van der Waals surface area (Å²) in [7, 11) is -1.70. The van der Waals surface area contributed by atoms with Crippen molar-refractivity contribution < 1.29 is 17.9 Å². The molecule has 0 aromatic heterocycles. The molecule has 0 amide bonds. The van der Waals surface area contributed by atoms with Gasteiger partial charge in [-0.2, -0.15) is 0 Å². The van der Waals surface area contributed by atoms with E-state index in [1.54, 1.807) is 31.4 Å². The second kappa shape index (κ2) is 5.06. The number of hydrogen-bond acceptors (Lipinski definition) is 4. The molecule has 1 atom stereocenters. The average molecular weight is 256 g/mol. The van der Waals surface area contributed by atoms with E-state index in [0.717, 1.165) is 12.8 Å². The van der Waals surface area contributed by atoms with Gasteiger partial charge in [0.1, 0.15) is 5.75 Å². The van der Waals surface area contributed by atoms with Gasteiger partial charge in [-0.1, -0.05) is 0 Å². The van der Waals surface area contributed by atoms with E-state index in [9.17, 15) is 8.42 Å². The van der Waals surface area contributed by atoms with E-state index >= 15 is 0 Å². The lowest BCUT2D eigenvalue weighted by Gasteiger charge is -2.10. The lowest BCUT2D eigenvalue weighted by molar-refractivity contribution is 0.127. The first kappa shape index (κ1) is 12.4. The van der Waals surface area contributed by atoms with Crippen molar-refractivity contribution in [3.63, 3.8) is 0 Å². The standard InChI is InChI=1S/C12H16O4S/c1-15-10-4-6-12(7-5-10)17(13,14)9-11-3-2-8-16-11/h4-7,11H,2-3,8-9H2,1H3. The molecule has 1 aliphatic heterocycles. The van der Waals surface area contributed by atoms with Crippen LogP contribution in [0.5, 0.6) is 5.75 Å². The van der Waals surface area contributed by atoms with Crippen LogP contribution in [0.25, 0.3) is 0 Å². The van der Waals surface area contributed by atoms with Crippen molar-refractivity contribution in [3.8, 4) is 5.75 Å². The molecule has 4 nitrogen and oxygen atoms in total. The van der Waals surface area contributed by atoms with Crippen molar-refractivity contribution in [1.29, 1.82) is 0 Å². The molecule has 17 heavy (non-hydrogen) atoms. The van der Waals surface area contributed by atoms with Gasteiger partial charge in [-0.05, 0) is 37.1 Å². The minimum atomic E-state index is -3.25. The topological polar surface area (TPSA) is 52.6 Å². The predicted molar refractivity (Wildman–Crippen MR) is 64.0 cm³/mol. The third kappa shape index (κ3) is 2.98. The van der Waals surface area contributed by atoms with Gasteiger partial charge in [0.05, 0.1) is 23.9 Å². The van der Waals surface area contributed by atoms with Crippen LogP contribution in [0.3, 0.4) is 0 Å². The van der Waals surface area contributed by atoms with Crippen LogP contribution in [-0.4, -0.2) is 34.0 Å². The Morgan fingerprint density at radius 2 is 2.06 bits per heavy atom. The van der Waals surface area contributed by atoms with Gasteiger partial charge in [-0.15, -0.1) is 0 Å². The Morgan fingerprint density at radius 3 is 2.59 bits per heavy atom. The highest BCUT2D eigenvalue weighted by Crippen LogP contribution is 2.21. The number of sulfone groups is 1. The van der Waals surface area contributed by atoms with Crippen LogP contribution in [0.15, 0.2) is 29.2 Å². The number of benzene rings is 1. The molecule has 2 rings (SSSR count). The number of hydrogen-bond donors (Lipinski definition) is 0. The molecular formula is C12H16O4S. The maximum absolute atomic E-state index is 12.1. The zero-order valence-electron chi connectivity index (χ0n) is 9.76. The number of rotatable bonds is 4. The Morgan fingerprint density at radius 1 is 1.35 bits per heavy atom. The Kier molecular flexibility index (Phi) is 3.69. The first-order valence-corrected chi connectivity index (χ1v) is 7.25. The molecule has 0 radical (unpaired) electrons. The van der Waals surface area contributed by atoms with Gasteiger partial charge in [0.25, 0.3) is 0 Å². The molecular weight excluding hydrogens is 240 g/mol. The first-order chi connectivity index (χ1) is 8.12. The molecule has 0 bridgehead atoms. The molecule has 1 aromatic carbocycles. The molecule has 94 valence electrons. The van der Waals surface area contributed by atoms with E-state index in [-0.39, 0.29) is 11.9 Å². The molecule has 1 fully saturated rings. The van der Waals surface area contributed by atoms with Gasteiger partial charge in [0, 0.05) is 6.61 Å². The van der Waals surface area contributed by atoms with Crippen LogP contribution in [0, 0.1) is 0 Å². The van der Waals surface area contributed by atoms with E-state index in [2.05, 4.69) is 0 Å². The zero-order chi connectivity index (χ0) is 12.3. The van der Waals surface area contributed by atoms with Crippen LogP contribution in [0.1, 0.15) is 12.8 Å². The van der Waals surface area contributed by atoms with Gasteiger partial charge >= 0.3 is 0 Å². The summed E-state index contributed by atoms with van der Waals surface area (Å²) in [6.45, 7) is 0.669. The minimum absolute atomic E-state index is 0.0688. The largest absolute Gasteiger partial charge is 0.497 e. The Hall–Kier alpha value is -1.07. The van der Waals surface area contributed by atoms with Crippen molar-refractivity contribution >= 4 is 9.84 Å². The Bertz CT molecular complexity index is 458. The minimum Gasteiger partial charge on any atom is -0.497 e. The third-order valence-corrected chi connectivity index (χ3v) is 4.65. The summed E-state index contributed by atoms with van der Waals surface area (Å²) in [4.78, 5) is 0.328. The van der Waals surface area contributed by atoms with E-state index in [1.807, 2.05) is 0 Å². The summed E-state index contributed by atoms with van der Waals surface area (Å²) in [6, 6.07) is 6.46. The normalized spacial score (nSPS) is 20.4. The molecule has 0 aliphatic carbocycles. The molecule has 5 heteroatoms. The second-order valence-corrected chi connectivity index (χ2v) is 6.13. The summed E-state index contributed by atoms with van der Waals surface area (Å²) < 4.78 is 34.5. The van der Waals surface area contributed by atoms with E-state index in [1.165, 1.54) is 0 Å². The van der Waals surface area contributed by atoms with Crippen LogP contribution in [-0.2, 0) is 14.6 Å². The summed E-state index contributed by atoms with van der Waals surface area (Å²) in [5.74, 6) is 0.723. The van der Waals surface area contributed by atoms with Crippen LogP contribution < -0.4 is 4.74 Å². The molecule has 1 aliphatic rings. The Balaban J connectivity index is 2.12. The SMILES string of the molecule is COc1ccc(S(=O)(=O)CC2CCCO2)cc1. The molecule has 1 unspecified atom stereocenters. The average Bonchev–Trinajstić information content (AvgIpc) is 2.81. The van der Waals surface area contributed by atoms with Crippen molar-refractivity contribution in [3.05, 3.63) is 24.3 Å². The van der Waals surface area contributed by atoms with Gasteiger partial charge in [0.15, 0.2) is 9.84 Å². The van der Waals surface area contributed by atoms with Crippen LogP contribution in [0.2, 0.25) is 0 Å². The first-order valence-electron chi connectivity index (χ1n) is 5.60. The number of ether oxygens (including phenoxy) is 2. The molecule has 1 aromatic rings. The maximum Gasteiger partial charge on any atom is 0.180 e. The molecule has 0 N–H and O–H groups in total. The highest BCUT2D eigenvalue weighted by molar-refractivity contribution is 7.91. The van der Waals surface area contributed by atoms with Crippen molar-refractivity contribution in [2.45, 2.75) is 23.8 Å². The summed E-state index contributed by atoms with van der Waals surface area (Å²) in [6.07, 6.45) is 1.63. The van der Waals surface area contributed by atoms with Gasteiger partial charge in [-0.25, -0.2) is 8.42 Å². The van der Waals surface area contributed by atoms with E-state index in [4.69, 9.17) is 9.47 Å². The fourth-order valence-electron chi connectivity index (χ4n) is 1.90. The summed E-state index contributed by atoms with van der Waals surface area (Å²) in [5, 5.41) is 0. The van der Waals surface area contributed by atoms with Crippen LogP contribution in [0.4, 0.5) is 0 Å². The predicted octanol–water partition coefficient (Wildman–Crippen LogP) is 1.65. The maximum atomic E-state index is 12.1.